The summed E-state index contributed by atoms with van der Waals surface area (Å²) in [5, 5.41) is 1.08. The molecule has 9 nitrogen and oxygen atoms in total. The van der Waals surface area contributed by atoms with Gasteiger partial charge < -0.3 is 14.2 Å². The van der Waals surface area contributed by atoms with Gasteiger partial charge in [0, 0.05) is 48.2 Å². The Hall–Kier alpha value is -3.37. The summed E-state index contributed by atoms with van der Waals surface area (Å²) in [6, 6.07) is 13.8. The van der Waals surface area contributed by atoms with Gasteiger partial charge in [-0.15, -0.1) is 0 Å². The molecular weight excluding hydrogens is 649 g/mol. The van der Waals surface area contributed by atoms with Gasteiger partial charge >= 0.3 is 0 Å². The van der Waals surface area contributed by atoms with Crippen molar-refractivity contribution >= 4 is 32.7 Å². The predicted octanol–water partition coefficient (Wildman–Crippen LogP) is 7.09. The summed E-state index contributed by atoms with van der Waals surface area (Å²) in [5.41, 5.74) is 4.20. The molecule has 1 N–H and O–H groups in total. The average Bonchev–Trinajstić information content (AvgIpc) is 3.85. The molecule has 0 atom stereocenters. The van der Waals surface area contributed by atoms with Crippen LogP contribution < -0.4 is 9.46 Å². The SMILES string of the molecule is CCCS(=O)(=O)NC(=O)c1ccc2c(C3CCCCC3)c(-c3ccc(OC)cc3)n(CC3(C(=O)N4CCN(C)C5(CCCCC5)C4)CC3)c2c1. The van der Waals surface area contributed by atoms with Gasteiger partial charge in [0.15, 0.2) is 0 Å². The van der Waals surface area contributed by atoms with Crippen molar-refractivity contribution in [2.75, 3.05) is 39.5 Å². The third-order valence-electron chi connectivity index (χ3n) is 12.3. The number of carbonyl (C=O) groups excluding carboxylic acids is 2. The fraction of sp³-hybridized carbons (Fsp3) is 0.600. The molecule has 1 aromatic heterocycles. The number of piperazine rings is 1. The third kappa shape index (κ3) is 6.70. The Bertz CT molecular complexity index is 1830. The molecule has 3 aromatic rings. The van der Waals surface area contributed by atoms with Crippen LogP contribution in [0.2, 0.25) is 0 Å². The van der Waals surface area contributed by atoms with Crippen LogP contribution in [0.4, 0.5) is 0 Å². The lowest BCUT2D eigenvalue weighted by Crippen LogP contribution is -2.63. The van der Waals surface area contributed by atoms with Gasteiger partial charge in [-0.1, -0.05) is 51.5 Å². The highest BCUT2D eigenvalue weighted by Gasteiger charge is 2.54. The van der Waals surface area contributed by atoms with Gasteiger partial charge in [0.2, 0.25) is 15.9 Å². The van der Waals surface area contributed by atoms with Crippen molar-refractivity contribution in [3.63, 3.8) is 0 Å². The van der Waals surface area contributed by atoms with E-state index in [1.165, 1.54) is 44.1 Å². The highest BCUT2D eigenvalue weighted by molar-refractivity contribution is 7.90. The molecular formula is C40H54N4O5S. The molecule has 4 fully saturated rings. The fourth-order valence-corrected chi connectivity index (χ4v) is 10.3. The molecule has 3 aliphatic carbocycles. The molecule has 270 valence electrons. The van der Waals surface area contributed by atoms with Crippen molar-refractivity contribution < 1.29 is 22.7 Å². The molecule has 50 heavy (non-hydrogen) atoms. The maximum absolute atomic E-state index is 14.7. The number of likely N-dealkylation sites (N-methyl/N-ethyl adjacent to an activating group) is 1. The zero-order valence-corrected chi connectivity index (χ0v) is 31.0. The van der Waals surface area contributed by atoms with Crippen LogP contribution in [0.1, 0.15) is 112 Å². The number of sulfonamides is 1. The van der Waals surface area contributed by atoms with Gasteiger partial charge in [-0.2, -0.15) is 0 Å². The zero-order valence-electron chi connectivity index (χ0n) is 30.1. The Kier molecular flexibility index (Phi) is 9.80. The molecule has 2 aromatic carbocycles. The molecule has 1 aliphatic heterocycles. The third-order valence-corrected chi connectivity index (χ3v) is 13.7. The van der Waals surface area contributed by atoms with E-state index in [1.807, 2.05) is 24.3 Å². The van der Waals surface area contributed by atoms with Crippen LogP contribution in [0, 0.1) is 5.41 Å². The normalized spacial score (nSPS) is 21.0. The fourth-order valence-electron chi connectivity index (χ4n) is 9.28. The molecule has 3 saturated carbocycles. The number of nitrogens with one attached hydrogen (secondary N) is 1. The minimum atomic E-state index is -3.74. The summed E-state index contributed by atoms with van der Waals surface area (Å²) in [7, 11) is 0.167. The number of hydrogen-bond donors (Lipinski definition) is 1. The number of nitrogens with zero attached hydrogens (tertiary/aromatic N) is 3. The van der Waals surface area contributed by atoms with Gasteiger partial charge in [-0.25, -0.2) is 13.1 Å². The lowest BCUT2D eigenvalue weighted by atomic mass is 9.78. The van der Waals surface area contributed by atoms with Crippen LogP contribution >= 0.6 is 0 Å². The number of amides is 2. The number of methoxy groups -OCH3 is 1. The Morgan fingerprint density at radius 2 is 1.62 bits per heavy atom. The van der Waals surface area contributed by atoms with Crippen molar-refractivity contribution in [1.82, 2.24) is 19.1 Å². The second-order valence-corrected chi connectivity index (χ2v) is 17.4. The number of aromatic nitrogens is 1. The predicted molar refractivity (Wildman–Crippen MR) is 198 cm³/mol. The van der Waals surface area contributed by atoms with E-state index >= 15 is 0 Å². The molecule has 1 saturated heterocycles. The van der Waals surface area contributed by atoms with Crippen molar-refractivity contribution in [2.24, 2.45) is 5.41 Å². The van der Waals surface area contributed by atoms with E-state index in [2.05, 4.69) is 38.3 Å². The molecule has 1 spiro atoms. The largest absolute Gasteiger partial charge is 0.497 e. The Morgan fingerprint density at radius 1 is 0.920 bits per heavy atom. The van der Waals surface area contributed by atoms with E-state index in [-0.39, 0.29) is 17.2 Å². The summed E-state index contributed by atoms with van der Waals surface area (Å²) < 4.78 is 35.3. The Balaban J connectivity index is 1.33. The monoisotopic (exact) mass is 702 g/mol. The highest BCUT2D eigenvalue weighted by atomic mass is 32.2. The number of rotatable bonds is 10. The molecule has 2 amide bonds. The summed E-state index contributed by atoms with van der Waals surface area (Å²) >= 11 is 0. The van der Waals surface area contributed by atoms with E-state index in [4.69, 9.17) is 4.74 Å². The highest BCUT2D eigenvalue weighted by Crippen LogP contribution is 2.53. The first-order chi connectivity index (χ1) is 24.1. The smallest absolute Gasteiger partial charge is 0.264 e. The van der Waals surface area contributed by atoms with Crippen molar-refractivity contribution in [3.8, 4) is 17.0 Å². The van der Waals surface area contributed by atoms with Gasteiger partial charge in [-0.3, -0.25) is 14.5 Å². The molecule has 0 unspecified atom stereocenters. The van der Waals surface area contributed by atoms with Crippen LogP contribution in [0.15, 0.2) is 42.5 Å². The van der Waals surface area contributed by atoms with E-state index in [9.17, 15) is 18.0 Å². The van der Waals surface area contributed by atoms with E-state index in [1.54, 1.807) is 20.1 Å². The summed E-state index contributed by atoms with van der Waals surface area (Å²) in [6.45, 7) is 4.75. The van der Waals surface area contributed by atoms with Crippen LogP contribution in [0.25, 0.3) is 22.2 Å². The first-order valence-electron chi connectivity index (χ1n) is 18.9. The number of fused-ring (bicyclic) bond motifs is 1. The van der Waals surface area contributed by atoms with Gasteiger partial charge in [0.05, 0.1) is 24.0 Å². The number of hydrogen-bond acceptors (Lipinski definition) is 6. The molecule has 2 heterocycles. The minimum Gasteiger partial charge on any atom is -0.497 e. The lowest BCUT2D eigenvalue weighted by molar-refractivity contribution is -0.144. The van der Waals surface area contributed by atoms with Gasteiger partial charge in [0.1, 0.15) is 5.75 Å². The Labute approximate surface area is 297 Å². The number of carbonyl (C=O) groups is 2. The average molecular weight is 703 g/mol. The van der Waals surface area contributed by atoms with Crippen molar-refractivity contribution in [1.29, 1.82) is 0 Å². The molecule has 4 aliphatic rings. The maximum Gasteiger partial charge on any atom is 0.264 e. The van der Waals surface area contributed by atoms with E-state index in [0.29, 0.717) is 24.4 Å². The summed E-state index contributed by atoms with van der Waals surface area (Å²) in [5.74, 6) is 0.665. The standard InChI is InChI=1S/C40H54N4O5S/c1-4-25-50(47,48)41-37(45)31-15-18-33-34(26-31)44(36(30-13-16-32(49-3)17-14-30)35(33)29-11-7-5-8-12-29)27-39(21-22-39)38(46)43-24-23-42(2)40(28-43)19-9-6-10-20-40/h13-18,26,29H,4-12,19-25,27-28H2,1-3H3,(H,41,45). The van der Waals surface area contributed by atoms with Crippen molar-refractivity contribution in [3.05, 3.63) is 53.6 Å². The van der Waals surface area contributed by atoms with E-state index < -0.39 is 21.3 Å². The lowest BCUT2D eigenvalue weighted by Gasteiger charge is -2.52. The minimum absolute atomic E-state index is 0.0746. The first-order valence-corrected chi connectivity index (χ1v) is 20.6. The summed E-state index contributed by atoms with van der Waals surface area (Å²) in [4.78, 5) is 32.9. The first kappa shape index (κ1) is 35.1. The van der Waals surface area contributed by atoms with Gasteiger partial charge in [0.25, 0.3) is 5.91 Å². The zero-order chi connectivity index (χ0) is 35.1. The molecule has 0 radical (unpaired) electrons. The molecule has 7 rings (SSSR count). The van der Waals surface area contributed by atoms with Crippen LogP contribution in [0.5, 0.6) is 5.75 Å². The second kappa shape index (κ2) is 14.0. The molecule has 0 bridgehead atoms. The molecule has 10 heteroatoms. The maximum atomic E-state index is 14.7. The van der Waals surface area contributed by atoms with Crippen LogP contribution in [-0.4, -0.2) is 79.7 Å². The van der Waals surface area contributed by atoms with Crippen LogP contribution in [0.3, 0.4) is 0 Å². The second-order valence-electron chi connectivity index (χ2n) is 15.6. The quantitative estimate of drug-likeness (QED) is 0.242. The Morgan fingerprint density at radius 3 is 2.28 bits per heavy atom. The topological polar surface area (TPSA) is 101 Å². The van der Waals surface area contributed by atoms with Gasteiger partial charge in [-0.05, 0) is 105 Å². The number of ether oxygens (including phenoxy) is 1. The summed E-state index contributed by atoms with van der Waals surface area (Å²) in [6.07, 6.45) is 13.8. The number of benzene rings is 2. The van der Waals surface area contributed by atoms with Crippen molar-refractivity contribution in [2.45, 2.75) is 108 Å². The van der Waals surface area contributed by atoms with Crippen LogP contribution in [-0.2, 0) is 21.4 Å². The van der Waals surface area contributed by atoms with E-state index in [0.717, 1.165) is 86.1 Å².